The van der Waals surface area contributed by atoms with Crippen molar-refractivity contribution in [2.24, 2.45) is 5.16 Å². The number of amides is 1. The number of rotatable bonds is 13. The van der Waals surface area contributed by atoms with Crippen LogP contribution in [0.1, 0.15) is 17.4 Å². The minimum Gasteiger partial charge on any atom is -0.395 e. The van der Waals surface area contributed by atoms with E-state index in [-0.39, 0.29) is 30.4 Å². The molecule has 1 atom stereocenters. The molecule has 1 amide bonds. The van der Waals surface area contributed by atoms with Crippen LogP contribution in [0.15, 0.2) is 40.5 Å². The topological polar surface area (TPSA) is 140 Å². The van der Waals surface area contributed by atoms with Crippen molar-refractivity contribution in [3.8, 4) is 0 Å². The maximum absolute atomic E-state index is 13.0. The van der Waals surface area contributed by atoms with Gasteiger partial charge < -0.3 is 19.4 Å². The second-order valence-corrected chi connectivity index (χ2v) is 10.1. The number of aromatic nitrogens is 1. The Hall–Kier alpha value is -2.42. The lowest BCUT2D eigenvalue weighted by Crippen LogP contribution is -2.29. The summed E-state index contributed by atoms with van der Waals surface area (Å²) in [7, 11) is 0.669. The van der Waals surface area contributed by atoms with Crippen LogP contribution in [0.4, 0.5) is 5.13 Å². The number of nitrogens with one attached hydrogen (secondary N) is 1. The van der Waals surface area contributed by atoms with Crippen LogP contribution in [0.5, 0.6) is 0 Å². The number of aliphatic hydroxyl groups excluding tert-OH is 1. The van der Waals surface area contributed by atoms with Crippen LogP contribution < -0.4 is 5.32 Å². The summed E-state index contributed by atoms with van der Waals surface area (Å²) in [5.74, 6) is -0.578. The van der Waals surface area contributed by atoms with Crippen molar-refractivity contribution >= 4 is 38.1 Å². The van der Waals surface area contributed by atoms with Crippen LogP contribution >= 0.6 is 11.3 Å². The van der Waals surface area contributed by atoms with Crippen LogP contribution in [0.2, 0.25) is 0 Å². The van der Waals surface area contributed by atoms with Gasteiger partial charge in [0.15, 0.2) is 10.8 Å². The number of anilines is 1. The second-order valence-electron chi connectivity index (χ2n) is 6.90. The number of thiazole rings is 1. The summed E-state index contributed by atoms with van der Waals surface area (Å²) in [5, 5.41) is 16.0. The number of hydrogen-bond acceptors (Lipinski definition) is 10. The molecule has 1 aromatic heterocycles. The predicted molar refractivity (Wildman–Crippen MR) is 124 cm³/mol. The van der Waals surface area contributed by atoms with Crippen molar-refractivity contribution in [1.82, 2.24) is 9.29 Å². The largest absolute Gasteiger partial charge is 0.395 e. The molecule has 0 radical (unpaired) electrons. The molecule has 13 heteroatoms. The number of likely N-dealkylation sites (N-methyl/N-ethyl adjacent to an activating group) is 1. The van der Waals surface area contributed by atoms with Crippen LogP contribution in [-0.2, 0) is 35.7 Å². The Bertz CT molecular complexity index is 1040. The Kier molecular flexibility index (Phi) is 10.3. The first-order chi connectivity index (χ1) is 15.7. The minimum absolute atomic E-state index is 0.0137. The van der Waals surface area contributed by atoms with Crippen molar-refractivity contribution in [1.29, 1.82) is 0 Å². The molecule has 2 aromatic rings. The van der Waals surface area contributed by atoms with E-state index >= 15 is 0 Å². The molecule has 1 heterocycles. The number of oxime groups is 1. The van der Waals surface area contributed by atoms with Gasteiger partial charge in [0, 0.05) is 39.6 Å². The fourth-order valence-electron chi connectivity index (χ4n) is 2.59. The molecule has 2 rings (SSSR count). The number of carbonyl (C=O) groups is 1. The van der Waals surface area contributed by atoms with Gasteiger partial charge in [0.2, 0.25) is 10.0 Å². The molecule has 11 nitrogen and oxygen atoms in total. The number of ether oxygens (including phenoxy) is 2. The van der Waals surface area contributed by atoms with Gasteiger partial charge in [0.25, 0.3) is 5.91 Å². The third-order valence-electron chi connectivity index (χ3n) is 4.25. The Labute approximate surface area is 197 Å². The fraction of sp³-hybridized carbons (Fsp3) is 0.450. The van der Waals surface area contributed by atoms with E-state index in [1.165, 1.54) is 49.8 Å². The number of nitrogens with zero attached hydrogens (tertiary/aromatic N) is 3. The highest BCUT2D eigenvalue weighted by Gasteiger charge is 2.22. The fourth-order valence-corrected chi connectivity index (χ4v) is 4.53. The third-order valence-corrected chi connectivity index (χ3v) is 7.01. The Balaban J connectivity index is 2.31. The van der Waals surface area contributed by atoms with Gasteiger partial charge in [-0.05, 0) is 19.1 Å². The summed E-state index contributed by atoms with van der Waals surface area (Å²) in [4.78, 5) is 23.3. The first kappa shape index (κ1) is 26.8. The first-order valence-electron chi connectivity index (χ1n) is 9.88. The standard InChI is InChI=1S/C20H28N4O7S2/c1-14(12-29-3)31-23-18(19(26)22-20-21-11-16(32-20)13-30-4)15-5-7-17(8-6-15)33(27,28)24(2)9-10-25/h5-8,11,14,25H,9-10,12-13H2,1-4H3,(H,21,22,26)/t14-/m1/s1. The van der Waals surface area contributed by atoms with Gasteiger partial charge in [0.05, 0.1) is 29.6 Å². The maximum Gasteiger partial charge on any atom is 0.280 e. The molecule has 33 heavy (non-hydrogen) atoms. The molecule has 0 saturated heterocycles. The summed E-state index contributed by atoms with van der Waals surface area (Å²) >= 11 is 1.26. The zero-order valence-corrected chi connectivity index (χ0v) is 20.5. The lowest BCUT2D eigenvalue weighted by molar-refractivity contribution is -0.110. The quantitative estimate of drug-likeness (QED) is 0.310. The molecule has 0 unspecified atom stereocenters. The minimum atomic E-state index is -3.78. The van der Waals surface area contributed by atoms with E-state index in [9.17, 15) is 13.2 Å². The maximum atomic E-state index is 13.0. The van der Waals surface area contributed by atoms with E-state index in [4.69, 9.17) is 19.4 Å². The van der Waals surface area contributed by atoms with E-state index in [1.54, 1.807) is 20.2 Å². The first-order valence-corrected chi connectivity index (χ1v) is 12.1. The average molecular weight is 501 g/mol. The third kappa shape index (κ3) is 7.55. The van der Waals surface area contributed by atoms with Crippen LogP contribution in [-0.4, -0.2) is 81.6 Å². The number of hydrogen-bond donors (Lipinski definition) is 2. The van der Waals surface area contributed by atoms with Crippen molar-refractivity contribution in [2.45, 2.75) is 24.5 Å². The molecule has 0 bridgehead atoms. The van der Waals surface area contributed by atoms with E-state index in [1.807, 2.05) is 0 Å². The van der Waals surface area contributed by atoms with Gasteiger partial charge in [-0.1, -0.05) is 28.6 Å². The summed E-state index contributed by atoms with van der Waals surface area (Å²) in [6, 6.07) is 5.64. The Morgan fingerprint density at radius 1 is 1.27 bits per heavy atom. The molecule has 0 saturated carbocycles. The van der Waals surface area contributed by atoms with E-state index < -0.39 is 22.0 Å². The summed E-state index contributed by atoms with van der Waals surface area (Å²) in [6.07, 6.45) is 1.18. The molecule has 182 valence electrons. The zero-order chi connectivity index (χ0) is 24.4. The summed E-state index contributed by atoms with van der Waals surface area (Å²) in [5.41, 5.74) is 0.281. The summed E-state index contributed by atoms with van der Waals surface area (Å²) < 4.78 is 36.3. The molecule has 2 N–H and O–H groups in total. The Morgan fingerprint density at radius 2 is 1.97 bits per heavy atom. The van der Waals surface area contributed by atoms with Crippen LogP contribution in [0.3, 0.4) is 0 Å². The highest BCUT2D eigenvalue weighted by Crippen LogP contribution is 2.20. The molecule has 0 fully saturated rings. The predicted octanol–water partition coefficient (Wildman–Crippen LogP) is 1.30. The number of carbonyl (C=O) groups excluding carboxylic acids is 1. The van der Waals surface area contributed by atoms with Crippen molar-refractivity contribution in [3.05, 3.63) is 40.9 Å². The Morgan fingerprint density at radius 3 is 2.58 bits per heavy atom. The molecule has 0 aliphatic carbocycles. The molecule has 0 spiro atoms. The lowest BCUT2D eigenvalue weighted by Gasteiger charge is -2.16. The van der Waals surface area contributed by atoms with Crippen molar-refractivity contribution < 1.29 is 32.6 Å². The number of sulfonamides is 1. The SMILES string of the molecule is COCc1cnc(NC(=O)C(=NO[C@H](C)COC)c2ccc(S(=O)(=O)N(C)CCO)cc2)s1. The van der Waals surface area contributed by atoms with Crippen molar-refractivity contribution in [2.75, 3.05) is 46.3 Å². The van der Waals surface area contributed by atoms with Gasteiger partial charge in [0.1, 0.15) is 6.10 Å². The smallest absolute Gasteiger partial charge is 0.280 e. The van der Waals surface area contributed by atoms with Gasteiger partial charge in [-0.25, -0.2) is 13.4 Å². The molecule has 1 aromatic carbocycles. The highest BCUT2D eigenvalue weighted by atomic mass is 32.2. The average Bonchev–Trinajstić information content (AvgIpc) is 3.21. The van der Waals surface area contributed by atoms with Gasteiger partial charge in [-0.3, -0.25) is 10.1 Å². The normalized spacial score (nSPS) is 13.2. The molecule has 0 aliphatic rings. The molecule has 0 aliphatic heterocycles. The number of aliphatic hydroxyl groups is 1. The number of benzene rings is 1. The zero-order valence-electron chi connectivity index (χ0n) is 18.8. The van der Waals surface area contributed by atoms with Crippen molar-refractivity contribution in [3.63, 3.8) is 0 Å². The summed E-state index contributed by atoms with van der Waals surface area (Å²) in [6.45, 7) is 2.02. The van der Waals surface area contributed by atoms with Gasteiger partial charge in [-0.2, -0.15) is 4.31 Å². The van der Waals surface area contributed by atoms with Gasteiger partial charge >= 0.3 is 0 Å². The van der Waals surface area contributed by atoms with E-state index in [2.05, 4.69) is 15.5 Å². The number of methoxy groups -OCH3 is 2. The van der Waals surface area contributed by atoms with Gasteiger partial charge in [-0.15, -0.1) is 0 Å². The van der Waals surface area contributed by atoms with E-state index in [0.29, 0.717) is 17.3 Å². The van der Waals surface area contributed by atoms with Crippen LogP contribution in [0, 0.1) is 0 Å². The molecular weight excluding hydrogens is 472 g/mol. The lowest BCUT2D eigenvalue weighted by atomic mass is 10.1. The second kappa shape index (κ2) is 12.7. The monoisotopic (exact) mass is 500 g/mol. The van der Waals surface area contributed by atoms with E-state index in [0.717, 1.165) is 9.18 Å². The molecular formula is C20H28N4O7S2. The highest BCUT2D eigenvalue weighted by molar-refractivity contribution is 7.89. The van der Waals surface area contributed by atoms with Crippen LogP contribution in [0.25, 0.3) is 0 Å².